The van der Waals surface area contributed by atoms with Crippen LogP contribution in [-0.2, 0) is 16.3 Å². The molecule has 0 aliphatic heterocycles. The molecule has 2 heterocycles. The molecule has 2 aromatic carbocycles. The lowest BCUT2D eigenvalue weighted by atomic mass is 10.0. The highest BCUT2D eigenvalue weighted by molar-refractivity contribution is 7.86. The molecule has 3 N–H and O–H groups in total. The van der Waals surface area contributed by atoms with Gasteiger partial charge in [-0.25, -0.2) is 4.98 Å². The van der Waals surface area contributed by atoms with Crippen LogP contribution < -0.4 is 10.5 Å². The lowest BCUT2D eigenvalue weighted by molar-refractivity contribution is -0.139. The number of nitrogens with two attached hydrogens (primary N) is 1. The van der Waals surface area contributed by atoms with Gasteiger partial charge < -0.3 is 10.5 Å². The first kappa shape index (κ1) is 26.6. The number of benzene rings is 2. The average molecular weight is 554 g/mol. The molecule has 0 aliphatic carbocycles. The number of fused-ring (bicyclic) bond motifs is 1. The Bertz CT molecular complexity index is 1580. The van der Waals surface area contributed by atoms with E-state index in [9.17, 15) is 30.9 Å². The third-order valence-electron chi connectivity index (χ3n) is 5.83. The molecule has 0 bridgehead atoms. The lowest BCUT2D eigenvalue weighted by Gasteiger charge is -2.19. The van der Waals surface area contributed by atoms with Gasteiger partial charge in [0.1, 0.15) is 33.3 Å². The first-order valence-corrected chi connectivity index (χ1v) is 13.3. The van der Waals surface area contributed by atoms with E-state index in [1.165, 1.54) is 37.5 Å². The number of primary amides is 1. The Morgan fingerprint density at radius 1 is 1.22 bits per heavy atom. The van der Waals surface area contributed by atoms with Gasteiger partial charge in [-0.3, -0.25) is 13.9 Å². The van der Waals surface area contributed by atoms with Gasteiger partial charge in [-0.15, -0.1) is 11.3 Å². The van der Waals surface area contributed by atoms with Crippen LogP contribution in [0.1, 0.15) is 58.0 Å². The second kappa shape index (κ2) is 9.80. The van der Waals surface area contributed by atoms with Crippen LogP contribution in [0, 0.1) is 0 Å². The highest BCUT2D eigenvalue weighted by atomic mass is 32.2. The molecule has 2 atom stereocenters. The van der Waals surface area contributed by atoms with Gasteiger partial charge in [-0.2, -0.15) is 21.6 Å². The topological polar surface area (TPSA) is 125 Å². The number of aromatic nitrogens is 2. The monoisotopic (exact) mass is 553 g/mol. The predicted molar refractivity (Wildman–Crippen MR) is 133 cm³/mol. The van der Waals surface area contributed by atoms with Crippen molar-refractivity contribution in [1.29, 1.82) is 0 Å². The van der Waals surface area contributed by atoms with Crippen LogP contribution in [-0.4, -0.2) is 28.4 Å². The molecule has 37 heavy (non-hydrogen) atoms. The van der Waals surface area contributed by atoms with Crippen molar-refractivity contribution in [2.45, 2.75) is 37.8 Å². The molecule has 8 nitrogen and oxygen atoms in total. The van der Waals surface area contributed by atoms with Crippen molar-refractivity contribution in [3.63, 3.8) is 0 Å². The SMILES string of the molecule is CCC(c1ccc2ncn(-c3cc(O[C@H](C)c4ccccc4C(F)(F)F)c(C(N)=O)s3)c2c1)S(=O)(=O)O. The van der Waals surface area contributed by atoms with Crippen molar-refractivity contribution in [1.82, 2.24) is 9.55 Å². The summed E-state index contributed by atoms with van der Waals surface area (Å²) < 4.78 is 81.1. The number of imidazole rings is 1. The summed E-state index contributed by atoms with van der Waals surface area (Å²) in [6, 6.07) is 11.2. The molecule has 4 aromatic rings. The van der Waals surface area contributed by atoms with E-state index in [0.29, 0.717) is 21.6 Å². The Labute approximate surface area is 214 Å². The number of hydrogen-bond acceptors (Lipinski definition) is 6. The van der Waals surface area contributed by atoms with Gasteiger partial charge in [0.15, 0.2) is 0 Å². The molecular formula is C24H22F3N3O5S2. The number of rotatable bonds is 8. The fourth-order valence-electron chi connectivity index (χ4n) is 4.12. The van der Waals surface area contributed by atoms with Crippen LogP contribution in [0.2, 0.25) is 0 Å². The molecule has 0 saturated heterocycles. The van der Waals surface area contributed by atoms with Crippen LogP contribution in [0.25, 0.3) is 16.0 Å². The standard InChI is InChI=1S/C24H22F3N3O5S2/c1-3-20(37(32,33)34)14-8-9-17-18(10-14)30(12-29-17)21-11-19(22(36-21)23(28)31)35-13(2)15-6-4-5-7-16(15)24(25,26)27/h4-13,20H,3H2,1-2H3,(H2,28,31)(H,32,33,34)/t13-,20?/m1/s1. The summed E-state index contributed by atoms with van der Waals surface area (Å²) in [5.41, 5.74) is 5.92. The lowest BCUT2D eigenvalue weighted by Crippen LogP contribution is -2.15. The first-order valence-electron chi connectivity index (χ1n) is 11.0. The Morgan fingerprint density at radius 2 is 1.92 bits per heavy atom. The predicted octanol–water partition coefficient (Wildman–Crippen LogP) is 5.68. The van der Waals surface area contributed by atoms with E-state index in [4.69, 9.17) is 10.5 Å². The van der Waals surface area contributed by atoms with Gasteiger partial charge in [0.2, 0.25) is 0 Å². The summed E-state index contributed by atoms with van der Waals surface area (Å²) in [6.45, 7) is 3.06. The molecule has 196 valence electrons. The molecule has 0 saturated carbocycles. The van der Waals surface area contributed by atoms with Crippen molar-refractivity contribution >= 4 is 38.4 Å². The third kappa shape index (κ3) is 5.33. The number of hydrogen-bond donors (Lipinski definition) is 2. The molecule has 0 spiro atoms. The molecule has 1 amide bonds. The summed E-state index contributed by atoms with van der Waals surface area (Å²) in [7, 11) is -4.35. The molecule has 13 heteroatoms. The smallest absolute Gasteiger partial charge is 0.416 e. The number of halogens is 3. The molecule has 1 unspecified atom stereocenters. The molecule has 2 aromatic heterocycles. The van der Waals surface area contributed by atoms with Crippen molar-refractivity contribution in [3.05, 3.63) is 76.4 Å². The minimum Gasteiger partial charge on any atom is -0.484 e. The molecular weight excluding hydrogens is 531 g/mol. The number of amides is 1. The van der Waals surface area contributed by atoms with Gasteiger partial charge in [0.05, 0.1) is 16.6 Å². The highest BCUT2D eigenvalue weighted by Gasteiger charge is 2.35. The molecule has 0 aliphatic rings. The van der Waals surface area contributed by atoms with Gasteiger partial charge in [-0.05, 0) is 37.1 Å². The van der Waals surface area contributed by atoms with Gasteiger partial charge in [-0.1, -0.05) is 31.2 Å². The van der Waals surface area contributed by atoms with E-state index in [2.05, 4.69) is 4.98 Å². The van der Waals surface area contributed by atoms with Crippen LogP contribution >= 0.6 is 11.3 Å². The fraction of sp³-hybridized carbons (Fsp3) is 0.250. The van der Waals surface area contributed by atoms with Crippen molar-refractivity contribution in [3.8, 4) is 10.8 Å². The van der Waals surface area contributed by atoms with Gasteiger partial charge >= 0.3 is 6.18 Å². The quantitative estimate of drug-likeness (QED) is 0.270. The summed E-state index contributed by atoms with van der Waals surface area (Å²) in [4.78, 5) is 16.4. The number of nitrogens with zero attached hydrogens (tertiary/aromatic N) is 2. The zero-order valence-electron chi connectivity index (χ0n) is 19.6. The Morgan fingerprint density at radius 3 is 2.54 bits per heavy atom. The summed E-state index contributed by atoms with van der Waals surface area (Å²) >= 11 is 0.946. The molecule has 0 fully saturated rings. The zero-order valence-corrected chi connectivity index (χ0v) is 21.2. The number of carbonyl (C=O) groups excluding carboxylic acids is 1. The summed E-state index contributed by atoms with van der Waals surface area (Å²) in [5, 5.41) is -0.724. The average Bonchev–Trinajstić information content (AvgIpc) is 3.42. The Balaban J connectivity index is 1.76. The second-order valence-corrected chi connectivity index (χ2v) is 10.9. The van der Waals surface area contributed by atoms with Crippen LogP contribution in [0.5, 0.6) is 5.75 Å². The molecule has 4 rings (SSSR count). The Kier molecular flexibility index (Phi) is 7.06. The van der Waals surface area contributed by atoms with E-state index < -0.39 is 39.1 Å². The fourth-order valence-corrected chi connectivity index (χ4v) is 5.96. The van der Waals surface area contributed by atoms with Crippen molar-refractivity contribution < 1.29 is 35.7 Å². The zero-order chi connectivity index (χ0) is 27.1. The summed E-state index contributed by atoms with van der Waals surface area (Å²) in [6.07, 6.45) is -4.07. The Hall–Kier alpha value is -3.42. The minimum absolute atomic E-state index is 0.000599. The van der Waals surface area contributed by atoms with Crippen molar-refractivity contribution in [2.75, 3.05) is 0 Å². The highest BCUT2D eigenvalue weighted by Crippen LogP contribution is 2.39. The number of ether oxygens (including phenoxy) is 1. The van der Waals surface area contributed by atoms with Gasteiger partial charge in [0.25, 0.3) is 16.0 Å². The van der Waals surface area contributed by atoms with Crippen LogP contribution in [0.3, 0.4) is 0 Å². The maximum atomic E-state index is 13.5. The van der Waals surface area contributed by atoms with Crippen LogP contribution in [0.15, 0.2) is 54.9 Å². The summed E-state index contributed by atoms with van der Waals surface area (Å²) in [5.74, 6) is -0.829. The van der Waals surface area contributed by atoms with E-state index in [1.807, 2.05) is 0 Å². The normalized spacial score (nSPS) is 14.0. The number of thiophene rings is 1. The molecule has 0 radical (unpaired) electrons. The second-order valence-electron chi connectivity index (χ2n) is 8.26. The first-order chi connectivity index (χ1) is 17.3. The van der Waals surface area contributed by atoms with Gasteiger partial charge in [0, 0.05) is 11.6 Å². The maximum Gasteiger partial charge on any atom is 0.416 e. The van der Waals surface area contributed by atoms with E-state index in [-0.39, 0.29) is 22.6 Å². The van der Waals surface area contributed by atoms with Crippen molar-refractivity contribution in [2.24, 2.45) is 5.73 Å². The van der Waals surface area contributed by atoms with E-state index in [0.717, 1.165) is 17.4 Å². The minimum atomic E-state index is -4.59. The largest absolute Gasteiger partial charge is 0.484 e. The number of carbonyl (C=O) groups is 1. The number of alkyl halides is 3. The van der Waals surface area contributed by atoms with Crippen LogP contribution in [0.4, 0.5) is 13.2 Å². The van der Waals surface area contributed by atoms with E-state index in [1.54, 1.807) is 29.7 Å². The maximum absolute atomic E-state index is 13.5. The third-order valence-corrected chi connectivity index (χ3v) is 8.28. The van der Waals surface area contributed by atoms with E-state index >= 15 is 0 Å².